The normalized spacial score (nSPS) is 13.5. The molecular weight excluding hydrogens is 899 g/mol. The molecule has 3 atom stereocenters. The van der Waals surface area contributed by atoms with Gasteiger partial charge in [0.15, 0.2) is 0 Å². The van der Waals surface area contributed by atoms with Gasteiger partial charge in [-0.25, -0.2) is 19.2 Å². The summed E-state index contributed by atoms with van der Waals surface area (Å²) in [5.41, 5.74) is -2.63. The Morgan fingerprint density at radius 1 is 0.408 bits per heavy atom. The highest BCUT2D eigenvalue weighted by Crippen LogP contribution is 2.24. The number of unbranched alkanes of at least 4 members (excludes halogenated alkanes) is 7. The van der Waals surface area contributed by atoms with E-state index in [2.05, 4.69) is 43.6 Å². The van der Waals surface area contributed by atoms with Crippen LogP contribution in [0, 0.1) is 23.7 Å². The van der Waals surface area contributed by atoms with Gasteiger partial charge in [0.25, 0.3) is 0 Å². The molecule has 0 bridgehead atoms. The van der Waals surface area contributed by atoms with Gasteiger partial charge < -0.3 is 44.7 Å². The van der Waals surface area contributed by atoms with E-state index >= 15 is 0 Å². The molecule has 0 heterocycles. The molecule has 5 amide bonds. The van der Waals surface area contributed by atoms with E-state index in [0.717, 1.165) is 50.4 Å². The Labute approximate surface area is 435 Å². The molecule has 0 radical (unpaired) electrons. The lowest BCUT2D eigenvalue weighted by Crippen LogP contribution is -2.45. The van der Waals surface area contributed by atoms with Crippen LogP contribution in [-0.4, -0.2) is 108 Å². The summed E-state index contributed by atoms with van der Waals surface area (Å²) < 4.78 is 22.6. The van der Waals surface area contributed by atoms with E-state index in [9.17, 15) is 24.0 Å². The summed E-state index contributed by atoms with van der Waals surface area (Å²) in [6, 6.07) is 0. The largest absolute Gasteiger partial charge is 0.444 e. The van der Waals surface area contributed by atoms with Crippen molar-refractivity contribution in [3.63, 3.8) is 0 Å². The van der Waals surface area contributed by atoms with Crippen molar-refractivity contribution >= 4 is 30.3 Å². The van der Waals surface area contributed by atoms with E-state index in [-0.39, 0.29) is 11.8 Å². The summed E-state index contributed by atoms with van der Waals surface area (Å²) in [4.78, 5) is 68.3. The van der Waals surface area contributed by atoms with Crippen LogP contribution < -0.4 is 16.0 Å². The SMILES string of the molecule is CCCCC(C)CCCCC(C)CCCC(C)CCC(=O)NCCCCCCC(CN(CCCCNC(=O)OC(C)(C)C)C(=O)OC(C)(C)C)CN(CCCCNC(=O)OC(C)(C)C)C(=O)OC(C)(C)C. The first-order valence-corrected chi connectivity index (χ1v) is 28.1. The number of hydrogen-bond donors (Lipinski definition) is 3. The van der Waals surface area contributed by atoms with Crippen LogP contribution in [0.25, 0.3) is 0 Å². The van der Waals surface area contributed by atoms with Gasteiger partial charge in [-0.2, -0.15) is 0 Å². The van der Waals surface area contributed by atoms with Crippen LogP contribution in [0.4, 0.5) is 19.2 Å². The minimum Gasteiger partial charge on any atom is -0.444 e. The van der Waals surface area contributed by atoms with Crippen LogP contribution in [-0.2, 0) is 23.7 Å². The topological polar surface area (TPSA) is 165 Å². The molecule has 0 saturated carbocycles. The van der Waals surface area contributed by atoms with Gasteiger partial charge in [-0.15, -0.1) is 0 Å². The van der Waals surface area contributed by atoms with Crippen molar-refractivity contribution < 1.29 is 42.9 Å². The van der Waals surface area contributed by atoms with Crippen LogP contribution >= 0.6 is 0 Å². The van der Waals surface area contributed by atoms with Crippen LogP contribution in [0.5, 0.6) is 0 Å². The van der Waals surface area contributed by atoms with Crippen molar-refractivity contribution in [3.8, 4) is 0 Å². The molecule has 71 heavy (non-hydrogen) atoms. The molecule has 0 saturated heterocycles. The third-order valence-corrected chi connectivity index (χ3v) is 12.1. The lowest BCUT2D eigenvalue weighted by molar-refractivity contribution is -0.121. The monoisotopic (exact) mass is 1010 g/mol. The standard InChI is InChI=1S/C57H111N5O9/c1-17-18-30-45(2)31-22-23-32-46(3)33-29-34-47(4)36-37-49(63)58-38-24-20-19-21-35-48(43-61(52(66)70-56(11,12)13)41-27-25-39-59-50(64)68-54(5,6)7)44-62(53(67)71-57(14,15)16)42-28-26-40-60-51(65)69-55(8,9)10/h45-48H,17-44H2,1-16H3,(H,58,63)(H,59,64)(H,60,65). The predicted molar refractivity (Wildman–Crippen MR) is 291 cm³/mol. The number of amides is 5. The third kappa shape index (κ3) is 42.7. The Balaban J connectivity index is 5.54. The third-order valence-electron chi connectivity index (χ3n) is 12.1. The summed E-state index contributed by atoms with van der Waals surface area (Å²) in [5.74, 6) is 2.20. The minimum atomic E-state index is -0.711. The number of nitrogens with zero attached hydrogens (tertiary/aromatic N) is 2. The zero-order valence-electron chi connectivity index (χ0n) is 48.7. The number of rotatable bonds is 36. The van der Waals surface area contributed by atoms with E-state index in [1.54, 1.807) is 9.80 Å². The molecule has 3 N–H and O–H groups in total. The highest BCUT2D eigenvalue weighted by Gasteiger charge is 2.29. The van der Waals surface area contributed by atoms with Crippen LogP contribution in [0.3, 0.4) is 0 Å². The second kappa shape index (κ2) is 36.5. The predicted octanol–water partition coefficient (Wildman–Crippen LogP) is 14.4. The number of nitrogens with one attached hydrogen (secondary N) is 3. The molecule has 14 nitrogen and oxygen atoms in total. The van der Waals surface area contributed by atoms with Gasteiger partial charge in [0.2, 0.25) is 5.91 Å². The fourth-order valence-electron chi connectivity index (χ4n) is 8.29. The Morgan fingerprint density at radius 3 is 1.18 bits per heavy atom. The van der Waals surface area contributed by atoms with E-state index in [4.69, 9.17) is 18.9 Å². The second-order valence-electron chi connectivity index (χ2n) is 24.8. The van der Waals surface area contributed by atoms with Crippen molar-refractivity contribution in [3.05, 3.63) is 0 Å². The molecule has 14 heteroatoms. The fraction of sp³-hybridized carbons (Fsp3) is 0.912. The van der Waals surface area contributed by atoms with Crippen molar-refractivity contribution in [2.45, 2.75) is 268 Å². The number of carbonyl (C=O) groups excluding carboxylic acids is 5. The Bertz CT molecular complexity index is 1380. The zero-order valence-corrected chi connectivity index (χ0v) is 48.7. The number of alkyl carbamates (subject to hydrolysis) is 2. The molecular formula is C57H111N5O9. The first-order valence-electron chi connectivity index (χ1n) is 28.1. The summed E-state index contributed by atoms with van der Waals surface area (Å²) in [6.07, 6.45) is 19.6. The quantitative estimate of drug-likeness (QED) is 0.0409. The number of carbonyl (C=O) groups is 5. The zero-order chi connectivity index (χ0) is 54.1. The molecule has 0 aliphatic rings. The van der Waals surface area contributed by atoms with Gasteiger partial charge in [-0.05, 0) is 152 Å². The Hall–Kier alpha value is -3.45. The maximum Gasteiger partial charge on any atom is 0.410 e. The number of hydrogen-bond acceptors (Lipinski definition) is 9. The maximum absolute atomic E-state index is 13.8. The second-order valence-corrected chi connectivity index (χ2v) is 24.8. The Kier molecular flexibility index (Phi) is 34.7. The highest BCUT2D eigenvalue weighted by atomic mass is 16.6. The lowest BCUT2D eigenvalue weighted by Gasteiger charge is -2.34. The molecule has 0 fully saturated rings. The first-order chi connectivity index (χ1) is 33.0. The highest BCUT2D eigenvalue weighted by molar-refractivity contribution is 5.75. The van der Waals surface area contributed by atoms with Crippen LogP contribution in [0.2, 0.25) is 0 Å². The van der Waals surface area contributed by atoms with Crippen LogP contribution in [0.15, 0.2) is 0 Å². The summed E-state index contributed by atoms with van der Waals surface area (Å²) in [5, 5.41) is 8.75. The molecule has 3 unspecified atom stereocenters. The van der Waals surface area contributed by atoms with Gasteiger partial charge in [0.05, 0.1) is 0 Å². The Morgan fingerprint density at radius 2 is 0.761 bits per heavy atom. The molecule has 0 aliphatic carbocycles. The molecule has 0 aliphatic heterocycles. The average molecular weight is 1010 g/mol. The van der Waals surface area contributed by atoms with Crippen molar-refractivity contribution in [2.75, 3.05) is 45.8 Å². The van der Waals surface area contributed by atoms with Crippen LogP contribution in [0.1, 0.15) is 246 Å². The van der Waals surface area contributed by atoms with E-state index in [1.165, 1.54) is 64.2 Å². The van der Waals surface area contributed by atoms with Crippen molar-refractivity contribution in [1.82, 2.24) is 25.8 Å². The van der Waals surface area contributed by atoms with E-state index in [0.29, 0.717) is 83.8 Å². The molecule has 0 rings (SSSR count). The van der Waals surface area contributed by atoms with E-state index in [1.807, 2.05) is 83.1 Å². The molecule has 418 valence electrons. The van der Waals surface area contributed by atoms with Gasteiger partial charge >= 0.3 is 24.4 Å². The molecule has 0 aromatic carbocycles. The summed E-state index contributed by atoms with van der Waals surface area (Å²) in [6.45, 7) is 34.3. The average Bonchev–Trinajstić information content (AvgIpc) is 3.22. The van der Waals surface area contributed by atoms with Gasteiger partial charge in [-0.1, -0.05) is 111 Å². The fourth-order valence-corrected chi connectivity index (χ4v) is 8.29. The minimum absolute atomic E-state index is 0.103. The smallest absolute Gasteiger partial charge is 0.410 e. The van der Waals surface area contributed by atoms with E-state index < -0.39 is 46.8 Å². The molecule has 0 spiro atoms. The van der Waals surface area contributed by atoms with Gasteiger partial charge in [0, 0.05) is 52.2 Å². The summed E-state index contributed by atoms with van der Waals surface area (Å²) >= 11 is 0. The first kappa shape index (κ1) is 67.5. The van der Waals surface area contributed by atoms with Crippen molar-refractivity contribution in [1.29, 1.82) is 0 Å². The van der Waals surface area contributed by atoms with Gasteiger partial charge in [0.1, 0.15) is 22.4 Å². The summed E-state index contributed by atoms with van der Waals surface area (Å²) in [7, 11) is 0. The van der Waals surface area contributed by atoms with Gasteiger partial charge in [-0.3, -0.25) is 4.79 Å². The lowest BCUT2D eigenvalue weighted by atomic mass is 9.91. The molecule has 0 aromatic heterocycles. The molecule has 0 aromatic rings. The maximum atomic E-state index is 13.8. The number of ether oxygens (including phenoxy) is 4. The van der Waals surface area contributed by atoms with Crippen molar-refractivity contribution in [2.24, 2.45) is 23.7 Å².